The fourth-order valence-electron chi connectivity index (χ4n) is 5.92. The van der Waals surface area contributed by atoms with Crippen molar-refractivity contribution in [3.63, 3.8) is 0 Å². The molecule has 9 heteroatoms. The van der Waals surface area contributed by atoms with Crippen LogP contribution in [0.5, 0.6) is 46.3 Å². The topological polar surface area (TPSA) is 93.4 Å². The molecule has 4 aromatic heterocycles. The Balaban J connectivity index is 1.10. The van der Waals surface area contributed by atoms with Crippen LogP contribution >= 0.6 is 0 Å². The molecule has 9 aromatic rings. The quantitative estimate of drug-likeness (QED) is 0.150. The van der Waals surface area contributed by atoms with E-state index in [1.807, 2.05) is 132 Å². The van der Waals surface area contributed by atoms with Gasteiger partial charge in [-0.15, -0.1) is 0 Å². The summed E-state index contributed by atoms with van der Waals surface area (Å²) >= 11 is 0. The minimum Gasteiger partial charge on any atom is -0.457 e. The Kier molecular flexibility index (Phi) is 7.60. The first-order valence-electron chi connectivity index (χ1n) is 16.3. The number of aromatic nitrogens is 5. The van der Waals surface area contributed by atoms with Crippen molar-refractivity contribution >= 4 is 32.7 Å². The van der Waals surface area contributed by atoms with E-state index >= 15 is 0 Å². The molecule has 51 heavy (non-hydrogen) atoms. The van der Waals surface area contributed by atoms with E-state index in [2.05, 4.69) is 22.1 Å². The molecule has 0 aliphatic heterocycles. The highest BCUT2D eigenvalue weighted by molar-refractivity contribution is 6.09. The summed E-state index contributed by atoms with van der Waals surface area (Å²) < 4.78 is 26.7. The van der Waals surface area contributed by atoms with Gasteiger partial charge in [-0.25, -0.2) is 19.9 Å². The van der Waals surface area contributed by atoms with Crippen LogP contribution in [0, 0.1) is 0 Å². The number of benzene rings is 5. The second kappa shape index (κ2) is 13.0. The van der Waals surface area contributed by atoms with Crippen molar-refractivity contribution in [2.75, 3.05) is 0 Å². The van der Waals surface area contributed by atoms with Gasteiger partial charge in [-0.2, -0.15) is 0 Å². The van der Waals surface area contributed by atoms with Crippen LogP contribution < -0.4 is 18.9 Å². The maximum Gasteiger partial charge on any atom is 0.235 e. The molecule has 244 valence electrons. The fraction of sp³-hybridized carbons (Fsp3) is 0. The predicted octanol–water partition coefficient (Wildman–Crippen LogP) is 10.7. The second-order valence-corrected chi connectivity index (χ2v) is 11.6. The molecule has 4 heterocycles. The van der Waals surface area contributed by atoms with Gasteiger partial charge < -0.3 is 18.9 Å². The lowest BCUT2D eigenvalue weighted by Gasteiger charge is -2.11. The number of hydrogen-bond acceptors (Lipinski definition) is 8. The molecular formula is C42H27N5O4. The summed E-state index contributed by atoms with van der Waals surface area (Å²) in [6.45, 7) is 0. The number of pyridine rings is 2. The lowest BCUT2D eigenvalue weighted by Crippen LogP contribution is -2.01. The van der Waals surface area contributed by atoms with E-state index in [9.17, 15) is 0 Å². The Morgan fingerprint density at radius 2 is 0.922 bits per heavy atom. The highest BCUT2D eigenvalue weighted by atomic mass is 16.5. The Morgan fingerprint density at radius 3 is 1.47 bits per heavy atom. The normalized spacial score (nSPS) is 11.1. The van der Waals surface area contributed by atoms with Gasteiger partial charge in [0, 0.05) is 71.1 Å². The van der Waals surface area contributed by atoms with Gasteiger partial charge in [0.2, 0.25) is 17.7 Å². The van der Waals surface area contributed by atoms with Crippen LogP contribution in [-0.4, -0.2) is 24.5 Å². The molecule has 0 spiro atoms. The Bertz CT molecular complexity index is 2520. The van der Waals surface area contributed by atoms with Gasteiger partial charge >= 0.3 is 0 Å². The van der Waals surface area contributed by atoms with Gasteiger partial charge in [-0.05, 0) is 66.7 Å². The number of ether oxygens (including phenoxy) is 4. The molecule has 5 aromatic carbocycles. The van der Waals surface area contributed by atoms with E-state index in [1.165, 1.54) is 0 Å². The summed E-state index contributed by atoms with van der Waals surface area (Å²) in [7, 11) is 0. The molecule has 0 fully saturated rings. The lowest BCUT2D eigenvalue weighted by molar-refractivity contribution is 0.448. The molecule has 9 rings (SSSR count). The van der Waals surface area contributed by atoms with Gasteiger partial charge in [-0.3, -0.25) is 4.57 Å². The van der Waals surface area contributed by atoms with Crippen LogP contribution in [0.4, 0.5) is 0 Å². The summed E-state index contributed by atoms with van der Waals surface area (Å²) in [6.07, 6.45) is 5.22. The molecule has 0 aliphatic carbocycles. The van der Waals surface area contributed by atoms with E-state index < -0.39 is 0 Å². The minimum atomic E-state index is 0.504. The number of para-hydroxylation sites is 1. The molecule has 0 bridgehead atoms. The van der Waals surface area contributed by atoms with Gasteiger partial charge in [0.25, 0.3) is 0 Å². The van der Waals surface area contributed by atoms with Gasteiger partial charge in [0.05, 0.1) is 16.6 Å². The monoisotopic (exact) mass is 665 g/mol. The Hall–Kier alpha value is -7.26. The van der Waals surface area contributed by atoms with Crippen LogP contribution in [0.3, 0.4) is 0 Å². The van der Waals surface area contributed by atoms with Crippen molar-refractivity contribution in [3.05, 3.63) is 164 Å². The summed E-state index contributed by atoms with van der Waals surface area (Å²) in [5.74, 6) is 5.30. The highest BCUT2D eigenvalue weighted by Crippen LogP contribution is 2.38. The number of fused-ring (bicyclic) bond motifs is 4. The number of nitrogens with zero attached hydrogens (tertiary/aromatic N) is 5. The van der Waals surface area contributed by atoms with Crippen LogP contribution in [-0.2, 0) is 0 Å². The number of rotatable bonds is 9. The lowest BCUT2D eigenvalue weighted by atomic mass is 10.1. The molecule has 0 saturated heterocycles. The van der Waals surface area contributed by atoms with Crippen molar-refractivity contribution in [2.24, 2.45) is 0 Å². The third kappa shape index (κ3) is 6.23. The van der Waals surface area contributed by atoms with Gasteiger partial charge in [0.15, 0.2) is 0 Å². The van der Waals surface area contributed by atoms with Crippen LogP contribution in [0.1, 0.15) is 0 Å². The van der Waals surface area contributed by atoms with E-state index in [4.69, 9.17) is 28.9 Å². The molecule has 0 atom stereocenters. The fourth-order valence-corrected chi connectivity index (χ4v) is 5.92. The third-order valence-electron chi connectivity index (χ3n) is 8.19. The zero-order chi connectivity index (χ0) is 34.0. The smallest absolute Gasteiger partial charge is 0.235 e. The van der Waals surface area contributed by atoms with Crippen molar-refractivity contribution in [1.82, 2.24) is 24.5 Å². The van der Waals surface area contributed by atoms with Crippen molar-refractivity contribution in [1.29, 1.82) is 0 Å². The molecule has 0 radical (unpaired) electrons. The molecule has 0 aliphatic rings. The molecule has 0 amide bonds. The van der Waals surface area contributed by atoms with Crippen LogP contribution in [0.15, 0.2) is 164 Å². The van der Waals surface area contributed by atoms with Gasteiger partial charge in [0.1, 0.15) is 34.5 Å². The summed E-state index contributed by atoms with van der Waals surface area (Å²) in [6, 6.07) is 45.9. The first-order chi connectivity index (χ1) is 25.2. The SMILES string of the molecule is c1ccc(Oc2cccc(Oc3ccc4c5ccc(Oc6cccc(Oc7ccccn7)c6)cc5n(-c5ncc6ccccc6n5)c4c3)c2)nc1. The maximum absolute atomic E-state index is 6.38. The van der Waals surface area contributed by atoms with Crippen molar-refractivity contribution in [3.8, 4) is 52.2 Å². The van der Waals surface area contributed by atoms with E-state index in [-0.39, 0.29) is 0 Å². The Labute approximate surface area is 292 Å². The van der Waals surface area contributed by atoms with Crippen molar-refractivity contribution in [2.45, 2.75) is 0 Å². The standard InChI is InChI=1S/C42H27N5O4/c1-2-14-37-28(9-1)27-45-42(46-37)47-38-25-33(48-29-10-7-12-31(23-29)50-40-15-3-5-21-43-40)17-19-35(38)36-20-18-34(26-39(36)47)49-30-11-8-13-32(24-30)51-41-16-4-6-22-44-41/h1-27H. The van der Waals surface area contributed by atoms with E-state index in [1.54, 1.807) is 24.5 Å². The molecule has 0 N–H and O–H groups in total. The molecule has 0 unspecified atom stereocenters. The predicted molar refractivity (Wildman–Crippen MR) is 196 cm³/mol. The second-order valence-electron chi connectivity index (χ2n) is 11.6. The highest BCUT2D eigenvalue weighted by Gasteiger charge is 2.17. The third-order valence-corrected chi connectivity index (χ3v) is 8.19. The van der Waals surface area contributed by atoms with Gasteiger partial charge in [-0.1, -0.05) is 42.5 Å². The van der Waals surface area contributed by atoms with Crippen LogP contribution in [0.25, 0.3) is 38.7 Å². The molecular weight excluding hydrogens is 638 g/mol. The molecule has 9 nitrogen and oxygen atoms in total. The zero-order valence-electron chi connectivity index (χ0n) is 27.0. The van der Waals surface area contributed by atoms with Crippen LogP contribution in [0.2, 0.25) is 0 Å². The largest absolute Gasteiger partial charge is 0.457 e. The zero-order valence-corrected chi connectivity index (χ0v) is 27.0. The minimum absolute atomic E-state index is 0.504. The average molecular weight is 666 g/mol. The maximum atomic E-state index is 6.38. The van der Waals surface area contributed by atoms with Crippen molar-refractivity contribution < 1.29 is 18.9 Å². The summed E-state index contributed by atoms with van der Waals surface area (Å²) in [5, 5.41) is 2.98. The summed E-state index contributed by atoms with van der Waals surface area (Å²) in [5.41, 5.74) is 2.59. The summed E-state index contributed by atoms with van der Waals surface area (Å²) in [4.78, 5) is 18.3. The first kappa shape index (κ1) is 29.8. The molecule has 0 saturated carbocycles. The van der Waals surface area contributed by atoms with E-state index in [0.29, 0.717) is 52.2 Å². The Morgan fingerprint density at radius 1 is 0.412 bits per heavy atom. The first-order valence-corrected chi connectivity index (χ1v) is 16.3. The average Bonchev–Trinajstić information content (AvgIpc) is 3.48. The number of hydrogen-bond donors (Lipinski definition) is 0. The van der Waals surface area contributed by atoms with E-state index in [0.717, 1.165) is 32.7 Å².